The Labute approximate surface area is 122 Å². The van der Waals surface area contributed by atoms with Crippen molar-refractivity contribution in [2.45, 2.75) is 20.8 Å². The molecule has 0 saturated heterocycles. The first-order valence-corrected chi connectivity index (χ1v) is 7.56. The summed E-state index contributed by atoms with van der Waals surface area (Å²) < 4.78 is 1.14. The molecule has 0 aliphatic rings. The van der Waals surface area contributed by atoms with Gasteiger partial charge in [0.1, 0.15) is 12.1 Å². The van der Waals surface area contributed by atoms with E-state index in [1.165, 1.54) is 5.56 Å². The monoisotopic (exact) mass is 294 g/mol. The number of hydrogen-bond acceptors (Lipinski definition) is 5. The van der Waals surface area contributed by atoms with E-state index in [-0.39, 0.29) is 5.92 Å². The summed E-state index contributed by atoms with van der Waals surface area (Å²) in [5, 5.41) is 2.12. The highest BCUT2D eigenvalue weighted by Crippen LogP contribution is 2.31. The zero-order valence-electron chi connectivity index (χ0n) is 11.4. The molecule has 2 aromatic heterocycles. The van der Waals surface area contributed by atoms with Gasteiger partial charge in [-0.1, -0.05) is 19.1 Å². The molecular weight excluding hydrogens is 276 g/mol. The maximum atomic E-state index is 5.71. The summed E-state index contributed by atoms with van der Waals surface area (Å²) in [6, 6.07) is 0. The zero-order chi connectivity index (χ0) is 14.0. The van der Waals surface area contributed by atoms with E-state index in [9.17, 15) is 0 Å². The van der Waals surface area contributed by atoms with Crippen molar-refractivity contribution in [3.63, 3.8) is 0 Å². The topological polar surface area (TPSA) is 55.0 Å². The number of nitrogens with two attached hydrogens (primary N) is 1. The lowest BCUT2D eigenvalue weighted by molar-refractivity contribution is 0.702. The second kappa shape index (κ2) is 5.79. The van der Waals surface area contributed by atoms with Gasteiger partial charge in [0.05, 0.1) is 15.2 Å². The highest BCUT2D eigenvalue weighted by atomic mass is 32.1. The van der Waals surface area contributed by atoms with E-state index in [0.717, 1.165) is 29.1 Å². The summed E-state index contributed by atoms with van der Waals surface area (Å²) >= 11 is 6.74. The third-order valence-electron chi connectivity index (χ3n) is 3.17. The lowest BCUT2D eigenvalue weighted by atomic mass is 10.1. The first-order valence-electron chi connectivity index (χ1n) is 6.27. The maximum Gasteiger partial charge on any atom is 0.150 e. The van der Waals surface area contributed by atoms with Crippen LogP contribution < -0.4 is 10.6 Å². The van der Waals surface area contributed by atoms with Crippen molar-refractivity contribution in [2.24, 2.45) is 11.7 Å². The number of thiophene rings is 1. The number of nitrogens with zero attached hydrogens (tertiary/aromatic N) is 3. The van der Waals surface area contributed by atoms with Gasteiger partial charge in [-0.2, -0.15) is 0 Å². The van der Waals surface area contributed by atoms with Crippen LogP contribution >= 0.6 is 23.6 Å². The normalized spacial score (nSPS) is 12.6. The molecule has 0 aliphatic heterocycles. The van der Waals surface area contributed by atoms with Crippen molar-refractivity contribution < 1.29 is 0 Å². The minimum Gasteiger partial charge on any atom is -0.393 e. The molecule has 2 aromatic rings. The van der Waals surface area contributed by atoms with Gasteiger partial charge in [0.25, 0.3) is 0 Å². The summed E-state index contributed by atoms with van der Waals surface area (Å²) in [4.78, 5) is 11.6. The molecule has 2 N–H and O–H groups in total. The van der Waals surface area contributed by atoms with E-state index in [0.29, 0.717) is 4.99 Å². The van der Waals surface area contributed by atoms with Crippen LogP contribution in [0, 0.1) is 12.8 Å². The summed E-state index contributed by atoms with van der Waals surface area (Å²) in [6.45, 7) is 7.89. The molecule has 1 unspecified atom stereocenters. The molecule has 0 aliphatic carbocycles. The fourth-order valence-corrected chi connectivity index (χ4v) is 3.06. The first kappa shape index (κ1) is 14.1. The summed E-state index contributed by atoms with van der Waals surface area (Å²) in [5.41, 5.74) is 7.94. The Bertz CT molecular complexity index is 593. The highest BCUT2D eigenvalue weighted by molar-refractivity contribution is 7.80. The SMILES string of the molecule is CCN(CC(C)C(N)=S)c1ncnc2c(C)csc12. The Morgan fingerprint density at radius 2 is 2.26 bits per heavy atom. The smallest absolute Gasteiger partial charge is 0.150 e. The van der Waals surface area contributed by atoms with Gasteiger partial charge in [0.2, 0.25) is 0 Å². The molecule has 0 saturated carbocycles. The largest absolute Gasteiger partial charge is 0.393 e. The van der Waals surface area contributed by atoms with Crippen LogP contribution in [0.1, 0.15) is 19.4 Å². The molecule has 4 nitrogen and oxygen atoms in total. The lowest BCUT2D eigenvalue weighted by Crippen LogP contribution is -2.34. The van der Waals surface area contributed by atoms with E-state index in [1.807, 2.05) is 6.92 Å². The van der Waals surface area contributed by atoms with Crippen LogP contribution in [0.4, 0.5) is 5.82 Å². The molecule has 6 heteroatoms. The van der Waals surface area contributed by atoms with Gasteiger partial charge >= 0.3 is 0 Å². The standard InChI is InChI=1S/C13H18N4S2/c1-4-17(5-8(2)12(14)18)13-11-10(15-7-16-13)9(3)6-19-11/h6-8H,4-5H2,1-3H3,(H2,14,18). The van der Waals surface area contributed by atoms with Crippen LogP contribution in [-0.2, 0) is 0 Å². The average Bonchev–Trinajstić information content (AvgIpc) is 2.77. The number of fused-ring (bicyclic) bond motifs is 1. The third-order valence-corrected chi connectivity index (χ3v) is 4.66. The number of rotatable bonds is 5. The van der Waals surface area contributed by atoms with Crippen molar-refractivity contribution in [3.8, 4) is 0 Å². The Hall–Kier alpha value is -1.27. The van der Waals surface area contributed by atoms with E-state index in [1.54, 1.807) is 17.7 Å². The van der Waals surface area contributed by atoms with Gasteiger partial charge in [-0.05, 0) is 24.8 Å². The number of anilines is 1. The Balaban J connectivity index is 2.38. The summed E-state index contributed by atoms with van der Waals surface area (Å²) in [6.07, 6.45) is 1.63. The molecule has 1 atom stereocenters. The Morgan fingerprint density at radius 3 is 2.89 bits per heavy atom. The molecule has 0 fully saturated rings. The third kappa shape index (κ3) is 2.84. The lowest BCUT2D eigenvalue weighted by Gasteiger charge is -2.25. The van der Waals surface area contributed by atoms with Gasteiger partial charge in [-0.15, -0.1) is 11.3 Å². The molecule has 2 heterocycles. The van der Waals surface area contributed by atoms with Crippen LogP contribution in [0.5, 0.6) is 0 Å². The van der Waals surface area contributed by atoms with Crippen LogP contribution in [0.25, 0.3) is 10.2 Å². The molecule has 2 rings (SSSR count). The predicted molar refractivity (Wildman–Crippen MR) is 86.0 cm³/mol. The zero-order valence-corrected chi connectivity index (χ0v) is 13.0. The molecule has 19 heavy (non-hydrogen) atoms. The quantitative estimate of drug-likeness (QED) is 0.859. The maximum absolute atomic E-state index is 5.71. The van der Waals surface area contributed by atoms with Crippen molar-refractivity contribution in [1.29, 1.82) is 0 Å². The van der Waals surface area contributed by atoms with Crippen molar-refractivity contribution in [1.82, 2.24) is 9.97 Å². The van der Waals surface area contributed by atoms with E-state index in [4.69, 9.17) is 18.0 Å². The van der Waals surface area contributed by atoms with Gasteiger partial charge in [-0.3, -0.25) is 0 Å². The molecule has 0 amide bonds. The van der Waals surface area contributed by atoms with Gasteiger partial charge < -0.3 is 10.6 Å². The van der Waals surface area contributed by atoms with E-state index < -0.39 is 0 Å². The van der Waals surface area contributed by atoms with E-state index >= 15 is 0 Å². The number of thiocarbonyl (C=S) groups is 1. The van der Waals surface area contributed by atoms with Gasteiger partial charge in [0, 0.05) is 19.0 Å². The predicted octanol–water partition coefficient (Wildman–Crippen LogP) is 2.75. The minimum absolute atomic E-state index is 0.168. The van der Waals surface area contributed by atoms with Crippen LogP contribution in [-0.4, -0.2) is 28.0 Å². The summed E-state index contributed by atoms with van der Waals surface area (Å²) in [5.74, 6) is 1.15. The minimum atomic E-state index is 0.168. The van der Waals surface area contributed by atoms with Crippen LogP contribution in [0.15, 0.2) is 11.7 Å². The molecule has 0 radical (unpaired) electrons. The fraction of sp³-hybridized carbons (Fsp3) is 0.462. The van der Waals surface area contributed by atoms with Crippen LogP contribution in [0.2, 0.25) is 0 Å². The van der Waals surface area contributed by atoms with E-state index in [2.05, 4.69) is 34.1 Å². The highest BCUT2D eigenvalue weighted by Gasteiger charge is 2.17. The second-order valence-electron chi connectivity index (χ2n) is 4.64. The van der Waals surface area contributed by atoms with Crippen molar-refractivity contribution >= 4 is 44.6 Å². The molecule has 0 aromatic carbocycles. The number of aryl methyl sites for hydroxylation is 1. The number of hydrogen-bond donors (Lipinski definition) is 1. The van der Waals surface area contributed by atoms with Gasteiger partial charge in [-0.25, -0.2) is 9.97 Å². The van der Waals surface area contributed by atoms with Crippen molar-refractivity contribution in [3.05, 3.63) is 17.3 Å². The van der Waals surface area contributed by atoms with Crippen LogP contribution in [0.3, 0.4) is 0 Å². The number of aromatic nitrogens is 2. The molecule has 102 valence electrons. The average molecular weight is 294 g/mol. The first-order chi connectivity index (χ1) is 9.04. The van der Waals surface area contributed by atoms with Crippen molar-refractivity contribution in [2.75, 3.05) is 18.0 Å². The summed E-state index contributed by atoms with van der Waals surface area (Å²) in [7, 11) is 0. The Morgan fingerprint density at radius 1 is 1.53 bits per heavy atom. The fourth-order valence-electron chi connectivity index (χ4n) is 1.97. The Kier molecular flexibility index (Phi) is 4.31. The molecular formula is C13H18N4S2. The second-order valence-corrected chi connectivity index (χ2v) is 5.99. The molecule has 0 spiro atoms. The van der Waals surface area contributed by atoms with Gasteiger partial charge in [0.15, 0.2) is 0 Å². The molecule has 0 bridgehead atoms.